The molecule has 0 bridgehead atoms. The first-order valence-corrected chi connectivity index (χ1v) is 4.29. The smallest absolute Gasteiger partial charge is 0.171 e. The van der Waals surface area contributed by atoms with E-state index in [0.29, 0.717) is 5.56 Å². The first-order valence-electron chi connectivity index (χ1n) is 4.29. The van der Waals surface area contributed by atoms with E-state index in [1.54, 1.807) is 0 Å². The minimum absolute atomic E-state index is 0.135. The van der Waals surface area contributed by atoms with E-state index in [-0.39, 0.29) is 11.5 Å². The first kappa shape index (κ1) is 11.3. The van der Waals surface area contributed by atoms with Crippen LogP contribution in [-0.2, 0) is 0 Å². The van der Waals surface area contributed by atoms with Crippen LogP contribution in [0.2, 0.25) is 0 Å². The molecule has 0 aliphatic rings. The lowest BCUT2D eigenvalue weighted by atomic mass is 10.1. The van der Waals surface area contributed by atoms with E-state index in [2.05, 4.69) is 4.98 Å². The van der Waals surface area contributed by atoms with Crippen LogP contribution in [0.15, 0.2) is 18.3 Å². The molecule has 0 aliphatic carbocycles. The van der Waals surface area contributed by atoms with E-state index in [9.17, 15) is 9.90 Å². The van der Waals surface area contributed by atoms with Crippen molar-refractivity contribution < 1.29 is 15.0 Å². The van der Waals surface area contributed by atoms with Crippen molar-refractivity contribution in [3.63, 3.8) is 0 Å². The molecular weight excluding hydrogens is 196 g/mol. The zero-order valence-electron chi connectivity index (χ0n) is 8.08. The number of nitriles is 1. The summed E-state index contributed by atoms with van der Waals surface area (Å²) in [5, 5.41) is 26.8. The number of aliphatic hydroxyl groups excluding tert-OH is 2. The number of carbonyl (C=O) groups excluding carboxylic acids is 1. The maximum Gasteiger partial charge on any atom is 0.171 e. The van der Waals surface area contributed by atoms with Crippen LogP contribution < -0.4 is 0 Å². The molecule has 1 aromatic rings. The standard InChI is InChI=1S/C10H10N2O3/c1-6(13)7-2-3-8(12-5-7)10(15)9(14)4-11/h2-3,5,9-10,14-15H,1H3. The normalized spacial score (nSPS) is 14.0. The average Bonchev–Trinajstić information content (AvgIpc) is 2.27. The van der Waals surface area contributed by atoms with Crippen molar-refractivity contribution in [2.45, 2.75) is 19.1 Å². The number of carbonyl (C=O) groups is 1. The molecule has 5 nitrogen and oxygen atoms in total. The van der Waals surface area contributed by atoms with Gasteiger partial charge in [0.2, 0.25) is 0 Å². The van der Waals surface area contributed by atoms with Crippen LogP contribution in [0.4, 0.5) is 0 Å². The highest BCUT2D eigenvalue weighted by Crippen LogP contribution is 2.14. The van der Waals surface area contributed by atoms with Gasteiger partial charge in [-0.25, -0.2) is 0 Å². The molecule has 0 spiro atoms. The maximum absolute atomic E-state index is 10.9. The summed E-state index contributed by atoms with van der Waals surface area (Å²) in [5.74, 6) is -0.135. The highest BCUT2D eigenvalue weighted by molar-refractivity contribution is 5.93. The molecule has 78 valence electrons. The molecule has 0 fully saturated rings. The third kappa shape index (κ3) is 2.59. The van der Waals surface area contributed by atoms with Crippen LogP contribution in [0.1, 0.15) is 29.1 Å². The Hall–Kier alpha value is -1.77. The summed E-state index contributed by atoms with van der Waals surface area (Å²) < 4.78 is 0. The van der Waals surface area contributed by atoms with Gasteiger partial charge in [-0.3, -0.25) is 9.78 Å². The van der Waals surface area contributed by atoms with E-state index >= 15 is 0 Å². The third-order valence-electron chi connectivity index (χ3n) is 1.93. The number of aliphatic hydroxyl groups is 2. The molecule has 15 heavy (non-hydrogen) atoms. The van der Waals surface area contributed by atoms with Crippen molar-refractivity contribution in [1.29, 1.82) is 5.26 Å². The average molecular weight is 206 g/mol. The Labute approximate surface area is 86.6 Å². The molecule has 0 aliphatic heterocycles. The Bertz CT molecular complexity index is 394. The molecular formula is C10H10N2O3. The number of hydrogen-bond acceptors (Lipinski definition) is 5. The summed E-state index contributed by atoms with van der Waals surface area (Å²) in [5.41, 5.74) is 0.575. The predicted octanol–water partition coefficient (Wildman–Crippen LogP) is 0.202. The van der Waals surface area contributed by atoms with E-state index in [0.717, 1.165) is 0 Å². The lowest BCUT2D eigenvalue weighted by molar-refractivity contribution is 0.0498. The zero-order chi connectivity index (χ0) is 11.4. The Balaban J connectivity index is 2.90. The SMILES string of the molecule is CC(=O)c1ccc(C(O)C(O)C#N)nc1. The fourth-order valence-electron chi connectivity index (χ4n) is 1.02. The van der Waals surface area contributed by atoms with E-state index < -0.39 is 12.2 Å². The molecule has 5 heteroatoms. The Morgan fingerprint density at radius 3 is 2.60 bits per heavy atom. The molecule has 0 aromatic carbocycles. The summed E-state index contributed by atoms with van der Waals surface area (Å²) >= 11 is 0. The summed E-state index contributed by atoms with van der Waals surface area (Å²) in [6, 6.07) is 4.39. The first-order chi connectivity index (χ1) is 7.06. The van der Waals surface area contributed by atoms with Gasteiger partial charge in [0.15, 0.2) is 11.9 Å². The Morgan fingerprint density at radius 2 is 2.20 bits per heavy atom. The molecule has 1 aromatic heterocycles. The molecule has 1 rings (SSSR count). The largest absolute Gasteiger partial charge is 0.383 e. The fourth-order valence-corrected chi connectivity index (χ4v) is 1.02. The summed E-state index contributed by atoms with van der Waals surface area (Å²) in [6.07, 6.45) is -1.57. The second kappa shape index (κ2) is 4.64. The van der Waals surface area contributed by atoms with Gasteiger partial charge in [-0.2, -0.15) is 5.26 Å². The quantitative estimate of drug-likeness (QED) is 0.544. The minimum atomic E-state index is -1.51. The molecule has 0 saturated carbocycles. The van der Waals surface area contributed by atoms with E-state index in [4.69, 9.17) is 10.4 Å². The van der Waals surface area contributed by atoms with Crippen molar-refractivity contribution in [3.05, 3.63) is 29.6 Å². The highest BCUT2D eigenvalue weighted by Gasteiger charge is 2.18. The Kier molecular flexibility index (Phi) is 3.50. The van der Waals surface area contributed by atoms with Crippen molar-refractivity contribution in [2.24, 2.45) is 0 Å². The van der Waals surface area contributed by atoms with Gasteiger partial charge in [0, 0.05) is 11.8 Å². The summed E-state index contributed by atoms with van der Waals surface area (Å²) in [6.45, 7) is 1.40. The van der Waals surface area contributed by atoms with Crippen molar-refractivity contribution in [1.82, 2.24) is 4.98 Å². The topological polar surface area (TPSA) is 94.2 Å². The number of nitrogens with zero attached hydrogens (tertiary/aromatic N) is 2. The number of pyridine rings is 1. The number of hydrogen-bond donors (Lipinski definition) is 2. The molecule has 2 unspecified atom stereocenters. The highest BCUT2D eigenvalue weighted by atomic mass is 16.3. The number of aromatic nitrogens is 1. The van der Waals surface area contributed by atoms with E-state index in [1.165, 1.54) is 31.3 Å². The fraction of sp³-hybridized carbons (Fsp3) is 0.300. The number of Topliss-reactive ketones (excluding diaryl/α,β-unsaturated/α-hetero) is 1. The van der Waals surface area contributed by atoms with Gasteiger partial charge in [0.25, 0.3) is 0 Å². The maximum atomic E-state index is 10.9. The molecule has 2 atom stereocenters. The van der Waals surface area contributed by atoms with Crippen LogP contribution >= 0.6 is 0 Å². The number of ketones is 1. The van der Waals surface area contributed by atoms with Crippen molar-refractivity contribution in [3.8, 4) is 6.07 Å². The predicted molar refractivity (Wildman–Crippen MR) is 50.8 cm³/mol. The van der Waals surface area contributed by atoms with Crippen LogP contribution in [0.5, 0.6) is 0 Å². The van der Waals surface area contributed by atoms with Gasteiger partial charge < -0.3 is 10.2 Å². The number of rotatable bonds is 3. The van der Waals surface area contributed by atoms with Crippen LogP contribution in [0, 0.1) is 11.3 Å². The second-order valence-corrected chi connectivity index (χ2v) is 3.05. The van der Waals surface area contributed by atoms with Crippen LogP contribution in [0.25, 0.3) is 0 Å². The van der Waals surface area contributed by atoms with Gasteiger partial charge in [-0.1, -0.05) is 0 Å². The molecule has 2 N–H and O–H groups in total. The third-order valence-corrected chi connectivity index (χ3v) is 1.93. The molecule has 0 radical (unpaired) electrons. The lowest BCUT2D eigenvalue weighted by Gasteiger charge is -2.10. The van der Waals surface area contributed by atoms with Crippen LogP contribution in [0.3, 0.4) is 0 Å². The monoisotopic (exact) mass is 206 g/mol. The second-order valence-electron chi connectivity index (χ2n) is 3.05. The minimum Gasteiger partial charge on any atom is -0.383 e. The zero-order valence-corrected chi connectivity index (χ0v) is 8.08. The summed E-state index contributed by atoms with van der Waals surface area (Å²) in [7, 11) is 0. The van der Waals surface area contributed by atoms with Crippen molar-refractivity contribution in [2.75, 3.05) is 0 Å². The van der Waals surface area contributed by atoms with E-state index in [1.807, 2.05) is 0 Å². The Morgan fingerprint density at radius 1 is 1.53 bits per heavy atom. The van der Waals surface area contributed by atoms with Gasteiger partial charge in [0.1, 0.15) is 6.10 Å². The van der Waals surface area contributed by atoms with Gasteiger partial charge in [-0.15, -0.1) is 0 Å². The van der Waals surface area contributed by atoms with Gasteiger partial charge in [0.05, 0.1) is 11.8 Å². The molecule has 1 heterocycles. The molecule has 0 saturated heterocycles. The van der Waals surface area contributed by atoms with Gasteiger partial charge in [-0.05, 0) is 19.1 Å². The van der Waals surface area contributed by atoms with Crippen molar-refractivity contribution >= 4 is 5.78 Å². The van der Waals surface area contributed by atoms with Crippen LogP contribution in [-0.4, -0.2) is 27.1 Å². The molecule has 0 amide bonds. The lowest BCUT2D eigenvalue weighted by Crippen LogP contribution is -2.17. The van der Waals surface area contributed by atoms with Gasteiger partial charge >= 0.3 is 0 Å². The summed E-state index contributed by atoms with van der Waals surface area (Å²) in [4.78, 5) is 14.7.